The molecule has 1 unspecified atom stereocenters. The summed E-state index contributed by atoms with van der Waals surface area (Å²) in [5, 5.41) is 10.7. The largest absolute Gasteiger partial charge is 0.392 e. The molecule has 2 fully saturated rings. The van der Waals surface area contributed by atoms with Gasteiger partial charge >= 0.3 is 0 Å². The Morgan fingerprint density at radius 3 is 2.24 bits per heavy atom. The highest BCUT2D eigenvalue weighted by molar-refractivity contribution is 4.93. The molecular formula is C14H27NO2. The average Bonchev–Trinajstić information content (AvgIpc) is 2.67. The minimum Gasteiger partial charge on any atom is -0.392 e. The van der Waals surface area contributed by atoms with Crippen molar-refractivity contribution >= 4 is 0 Å². The highest BCUT2D eigenvalue weighted by Gasteiger charge is 2.41. The summed E-state index contributed by atoms with van der Waals surface area (Å²) in [6.07, 6.45) is 9.24. The smallest absolute Gasteiger partial charge is 0.0638 e. The SMILES string of the molecule is NCC1(C(O)C2CCCCCC2)CCOCC1. The Balaban J connectivity index is 2.01. The molecule has 3 N–H and O–H groups in total. The van der Waals surface area contributed by atoms with Crippen LogP contribution < -0.4 is 5.73 Å². The van der Waals surface area contributed by atoms with Crippen molar-refractivity contribution in [1.82, 2.24) is 0 Å². The van der Waals surface area contributed by atoms with Crippen LogP contribution >= 0.6 is 0 Å². The van der Waals surface area contributed by atoms with E-state index in [1.165, 1.54) is 38.5 Å². The van der Waals surface area contributed by atoms with Gasteiger partial charge in [0, 0.05) is 25.2 Å². The molecule has 1 saturated carbocycles. The van der Waals surface area contributed by atoms with E-state index in [9.17, 15) is 5.11 Å². The summed E-state index contributed by atoms with van der Waals surface area (Å²) in [7, 11) is 0. The van der Waals surface area contributed by atoms with Crippen molar-refractivity contribution in [1.29, 1.82) is 0 Å². The van der Waals surface area contributed by atoms with Gasteiger partial charge in [-0.3, -0.25) is 0 Å². The van der Waals surface area contributed by atoms with E-state index in [1.807, 2.05) is 0 Å². The Morgan fingerprint density at radius 2 is 1.71 bits per heavy atom. The fraction of sp³-hybridized carbons (Fsp3) is 1.00. The summed E-state index contributed by atoms with van der Waals surface area (Å²) in [4.78, 5) is 0. The highest BCUT2D eigenvalue weighted by Crippen LogP contribution is 2.40. The third kappa shape index (κ3) is 3.01. The normalized spacial score (nSPS) is 28.6. The van der Waals surface area contributed by atoms with Crippen LogP contribution in [-0.4, -0.2) is 31.0 Å². The van der Waals surface area contributed by atoms with Crippen LogP contribution in [0.5, 0.6) is 0 Å². The molecule has 0 aromatic rings. The van der Waals surface area contributed by atoms with Crippen molar-refractivity contribution in [3.63, 3.8) is 0 Å². The molecule has 1 atom stereocenters. The molecule has 0 radical (unpaired) electrons. The van der Waals surface area contributed by atoms with Crippen molar-refractivity contribution in [3.8, 4) is 0 Å². The maximum atomic E-state index is 10.7. The Morgan fingerprint density at radius 1 is 1.12 bits per heavy atom. The van der Waals surface area contributed by atoms with Crippen LogP contribution in [0.1, 0.15) is 51.4 Å². The Kier molecular flexibility index (Phi) is 4.83. The number of nitrogens with two attached hydrogens (primary N) is 1. The minimum absolute atomic E-state index is 0.0622. The summed E-state index contributed by atoms with van der Waals surface area (Å²) in [6, 6.07) is 0. The first-order valence-corrected chi connectivity index (χ1v) is 7.24. The van der Waals surface area contributed by atoms with E-state index in [1.54, 1.807) is 0 Å². The molecule has 0 spiro atoms. The standard InChI is InChI=1S/C14H27NO2/c15-11-14(7-9-17-10-8-14)13(16)12-5-3-1-2-4-6-12/h12-13,16H,1-11,15H2. The number of rotatable bonds is 3. The number of aliphatic hydroxyl groups excluding tert-OH is 1. The van der Waals surface area contributed by atoms with Gasteiger partial charge in [-0.2, -0.15) is 0 Å². The van der Waals surface area contributed by atoms with Crippen molar-refractivity contribution < 1.29 is 9.84 Å². The van der Waals surface area contributed by atoms with Crippen molar-refractivity contribution in [2.75, 3.05) is 19.8 Å². The third-order valence-corrected chi connectivity index (χ3v) is 4.87. The molecule has 0 aromatic carbocycles. The lowest BCUT2D eigenvalue weighted by molar-refractivity contribution is -0.0824. The second-order valence-electron chi connectivity index (χ2n) is 5.88. The summed E-state index contributed by atoms with van der Waals surface area (Å²) < 4.78 is 5.42. The summed E-state index contributed by atoms with van der Waals surface area (Å²) in [5.41, 5.74) is 5.91. The van der Waals surface area contributed by atoms with Gasteiger partial charge in [-0.15, -0.1) is 0 Å². The first-order chi connectivity index (χ1) is 8.28. The van der Waals surface area contributed by atoms with Gasteiger partial charge in [0.15, 0.2) is 0 Å². The predicted octanol–water partition coefficient (Wildman–Crippen LogP) is 2.07. The molecule has 1 aliphatic carbocycles. The summed E-state index contributed by atoms with van der Waals surface area (Å²) in [6.45, 7) is 2.13. The first kappa shape index (κ1) is 13.3. The second kappa shape index (κ2) is 6.17. The lowest BCUT2D eigenvalue weighted by Gasteiger charge is -2.43. The van der Waals surface area contributed by atoms with Gasteiger partial charge in [-0.1, -0.05) is 25.7 Å². The van der Waals surface area contributed by atoms with Crippen LogP contribution in [0, 0.1) is 11.3 Å². The molecule has 1 aliphatic heterocycles. The van der Waals surface area contributed by atoms with Crippen LogP contribution in [-0.2, 0) is 4.74 Å². The number of hydrogen-bond donors (Lipinski definition) is 2. The summed E-state index contributed by atoms with van der Waals surface area (Å²) >= 11 is 0. The Bertz CT molecular complexity index is 218. The molecule has 2 rings (SSSR count). The first-order valence-electron chi connectivity index (χ1n) is 7.24. The lowest BCUT2D eigenvalue weighted by atomic mass is 9.69. The topological polar surface area (TPSA) is 55.5 Å². The zero-order chi connectivity index (χ0) is 12.1. The monoisotopic (exact) mass is 241 g/mol. The van der Waals surface area contributed by atoms with E-state index in [4.69, 9.17) is 10.5 Å². The quantitative estimate of drug-likeness (QED) is 0.744. The molecule has 0 aromatic heterocycles. The molecule has 0 amide bonds. The van der Waals surface area contributed by atoms with Crippen molar-refractivity contribution in [3.05, 3.63) is 0 Å². The Hall–Kier alpha value is -0.120. The van der Waals surface area contributed by atoms with Gasteiger partial charge in [-0.25, -0.2) is 0 Å². The molecule has 0 bridgehead atoms. The van der Waals surface area contributed by atoms with Gasteiger partial charge in [-0.05, 0) is 31.6 Å². The van der Waals surface area contributed by atoms with E-state index < -0.39 is 0 Å². The van der Waals surface area contributed by atoms with Gasteiger partial charge in [0.25, 0.3) is 0 Å². The van der Waals surface area contributed by atoms with Crippen LogP contribution in [0.3, 0.4) is 0 Å². The lowest BCUT2D eigenvalue weighted by Crippen LogP contribution is -2.49. The molecule has 2 aliphatic rings. The fourth-order valence-corrected chi connectivity index (χ4v) is 3.53. The van der Waals surface area contributed by atoms with Crippen molar-refractivity contribution in [2.24, 2.45) is 17.1 Å². The van der Waals surface area contributed by atoms with Crippen LogP contribution in [0.4, 0.5) is 0 Å². The number of aliphatic hydroxyl groups is 1. The predicted molar refractivity (Wildman–Crippen MR) is 68.7 cm³/mol. The van der Waals surface area contributed by atoms with Crippen LogP contribution in [0.25, 0.3) is 0 Å². The van der Waals surface area contributed by atoms with Gasteiger partial charge in [0.1, 0.15) is 0 Å². The van der Waals surface area contributed by atoms with Gasteiger partial charge in [0.05, 0.1) is 6.10 Å². The van der Waals surface area contributed by atoms with Crippen molar-refractivity contribution in [2.45, 2.75) is 57.5 Å². The summed E-state index contributed by atoms with van der Waals surface area (Å²) in [5.74, 6) is 0.471. The molecular weight excluding hydrogens is 214 g/mol. The zero-order valence-corrected chi connectivity index (χ0v) is 10.9. The molecule has 3 heteroatoms. The molecule has 1 heterocycles. The minimum atomic E-state index is -0.213. The number of ether oxygens (including phenoxy) is 1. The molecule has 100 valence electrons. The third-order valence-electron chi connectivity index (χ3n) is 4.87. The molecule has 3 nitrogen and oxygen atoms in total. The molecule has 17 heavy (non-hydrogen) atoms. The maximum Gasteiger partial charge on any atom is 0.0638 e. The van der Waals surface area contributed by atoms with E-state index >= 15 is 0 Å². The van der Waals surface area contributed by atoms with E-state index in [-0.39, 0.29) is 11.5 Å². The van der Waals surface area contributed by atoms with Gasteiger partial charge < -0.3 is 15.6 Å². The maximum absolute atomic E-state index is 10.7. The average molecular weight is 241 g/mol. The van der Waals surface area contributed by atoms with E-state index in [0.29, 0.717) is 12.5 Å². The number of hydrogen-bond acceptors (Lipinski definition) is 3. The zero-order valence-electron chi connectivity index (χ0n) is 10.9. The van der Waals surface area contributed by atoms with E-state index in [0.717, 1.165) is 26.1 Å². The fourth-order valence-electron chi connectivity index (χ4n) is 3.53. The Labute approximate surface area is 105 Å². The van der Waals surface area contributed by atoms with Gasteiger partial charge in [0.2, 0.25) is 0 Å². The van der Waals surface area contributed by atoms with Crippen LogP contribution in [0.15, 0.2) is 0 Å². The van der Waals surface area contributed by atoms with E-state index in [2.05, 4.69) is 0 Å². The molecule has 1 saturated heterocycles. The second-order valence-corrected chi connectivity index (χ2v) is 5.88. The van der Waals surface area contributed by atoms with Crippen LogP contribution in [0.2, 0.25) is 0 Å². The highest BCUT2D eigenvalue weighted by atomic mass is 16.5.